The van der Waals surface area contributed by atoms with E-state index in [-0.39, 0.29) is 0 Å². The lowest BCUT2D eigenvalue weighted by atomic mass is 10.0. The van der Waals surface area contributed by atoms with Crippen molar-refractivity contribution in [3.63, 3.8) is 0 Å². The van der Waals surface area contributed by atoms with Gasteiger partial charge in [0.05, 0.1) is 6.61 Å². The highest BCUT2D eigenvalue weighted by atomic mass is 32.2. The summed E-state index contributed by atoms with van der Waals surface area (Å²) in [6.45, 7) is 2.91. The highest BCUT2D eigenvalue weighted by Gasteiger charge is 2.08. The van der Waals surface area contributed by atoms with Gasteiger partial charge >= 0.3 is 0 Å². The quantitative estimate of drug-likeness (QED) is 0.779. The van der Waals surface area contributed by atoms with E-state index in [0.717, 1.165) is 23.7 Å². The van der Waals surface area contributed by atoms with Crippen LogP contribution in [0.5, 0.6) is 0 Å². The van der Waals surface area contributed by atoms with E-state index in [2.05, 4.69) is 60.9 Å². The van der Waals surface area contributed by atoms with E-state index < -0.39 is 0 Å². The average molecular weight is 268 g/mol. The smallest absolute Gasteiger partial charge is 0.132 e. The van der Waals surface area contributed by atoms with Gasteiger partial charge in [-0.05, 0) is 24.1 Å². The predicted molar refractivity (Wildman–Crippen MR) is 83.0 cm³/mol. The van der Waals surface area contributed by atoms with E-state index in [1.165, 1.54) is 16.7 Å². The highest BCUT2D eigenvalue weighted by molar-refractivity contribution is 8.02. The minimum atomic E-state index is 0.797. The Kier molecular flexibility index (Phi) is 3.60. The molecule has 0 aliphatic carbocycles. The maximum absolute atomic E-state index is 5.71. The molecule has 2 heteroatoms. The molecule has 0 N–H and O–H groups in total. The van der Waals surface area contributed by atoms with Crippen LogP contribution in [0.1, 0.15) is 11.1 Å². The fraction of sp³-hybridized carbons (Fsp3) is 0.176. The third kappa shape index (κ3) is 2.85. The van der Waals surface area contributed by atoms with Crippen molar-refractivity contribution in [3.8, 4) is 11.1 Å². The predicted octanol–water partition coefficient (Wildman–Crippen LogP) is 4.72. The molecule has 0 saturated carbocycles. The van der Waals surface area contributed by atoms with Gasteiger partial charge in [0.2, 0.25) is 0 Å². The molecule has 0 aromatic heterocycles. The van der Waals surface area contributed by atoms with E-state index in [9.17, 15) is 0 Å². The molecular formula is C17H16OS. The Labute approximate surface area is 118 Å². The number of thioether (sulfide) groups is 1. The van der Waals surface area contributed by atoms with Crippen molar-refractivity contribution in [2.24, 2.45) is 0 Å². The molecule has 0 atom stereocenters. The number of ether oxygens (including phenoxy) is 1. The third-order valence-corrected chi connectivity index (χ3v) is 3.96. The van der Waals surface area contributed by atoms with Crippen molar-refractivity contribution in [2.75, 3.05) is 12.4 Å². The number of benzene rings is 2. The molecule has 19 heavy (non-hydrogen) atoms. The minimum absolute atomic E-state index is 0.797. The van der Waals surface area contributed by atoms with E-state index in [1.54, 1.807) is 0 Å². The Morgan fingerprint density at radius 2 is 1.74 bits per heavy atom. The Bertz CT molecular complexity index is 599. The average Bonchev–Trinajstić information content (AvgIpc) is 2.49. The summed E-state index contributed by atoms with van der Waals surface area (Å²) < 4.78 is 5.71. The molecule has 1 aliphatic rings. The van der Waals surface area contributed by atoms with Gasteiger partial charge in [0.1, 0.15) is 5.76 Å². The Morgan fingerprint density at radius 3 is 2.47 bits per heavy atom. The first-order valence-electron chi connectivity index (χ1n) is 6.45. The summed E-state index contributed by atoms with van der Waals surface area (Å²) in [6, 6.07) is 17.2. The molecule has 0 amide bonds. The monoisotopic (exact) mass is 268 g/mol. The normalized spacial score (nSPS) is 14.7. The summed E-state index contributed by atoms with van der Waals surface area (Å²) in [6.07, 6.45) is 0. The van der Waals surface area contributed by atoms with Gasteiger partial charge < -0.3 is 4.74 Å². The first kappa shape index (κ1) is 12.4. The Hall–Kier alpha value is -1.67. The van der Waals surface area contributed by atoms with Crippen LogP contribution in [0.4, 0.5) is 0 Å². The van der Waals surface area contributed by atoms with Crippen LogP contribution in [0.15, 0.2) is 53.9 Å². The Balaban J connectivity index is 1.95. The van der Waals surface area contributed by atoms with Crippen LogP contribution in [0.25, 0.3) is 16.9 Å². The summed E-state index contributed by atoms with van der Waals surface area (Å²) >= 11 is 1.81. The molecular weight excluding hydrogens is 252 g/mol. The standard InChI is InChI=1S/C17H16OS/c1-13-5-7-14(8-6-13)15-3-2-4-16(11-15)17-12-19-10-9-18-17/h2-8,11-12H,9-10H2,1H3. The van der Waals surface area contributed by atoms with Crippen molar-refractivity contribution in [3.05, 3.63) is 65.1 Å². The summed E-state index contributed by atoms with van der Waals surface area (Å²) in [5.74, 6) is 2.03. The third-order valence-electron chi connectivity index (χ3n) is 3.18. The molecule has 96 valence electrons. The van der Waals surface area contributed by atoms with E-state index in [0.29, 0.717) is 0 Å². The van der Waals surface area contributed by atoms with Crippen molar-refractivity contribution in [2.45, 2.75) is 6.92 Å². The summed E-state index contributed by atoms with van der Waals surface area (Å²) in [5, 5.41) is 2.11. The molecule has 1 nitrogen and oxygen atoms in total. The molecule has 3 rings (SSSR count). The van der Waals surface area contributed by atoms with Crippen LogP contribution in [0, 0.1) is 6.92 Å². The highest BCUT2D eigenvalue weighted by Crippen LogP contribution is 2.28. The van der Waals surface area contributed by atoms with Crippen molar-refractivity contribution in [1.29, 1.82) is 0 Å². The molecule has 0 saturated heterocycles. The van der Waals surface area contributed by atoms with Gasteiger partial charge in [-0.15, -0.1) is 11.8 Å². The van der Waals surface area contributed by atoms with Crippen LogP contribution in [-0.2, 0) is 4.74 Å². The topological polar surface area (TPSA) is 9.23 Å². The van der Waals surface area contributed by atoms with Gasteiger partial charge in [-0.1, -0.05) is 48.0 Å². The zero-order valence-electron chi connectivity index (χ0n) is 10.9. The number of hydrogen-bond donors (Lipinski definition) is 0. The second-order valence-corrected chi connectivity index (χ2v) is 5.63. The summed E-state index contributed by atoms with van der Waals surface area (Å²) in [7, 11) is 0. The molecule has 0 unspecified atom stereocenters. The first-order chi connectivity index (χ1) is 9.33. The van der Waals surface area contributed by atoms with Gasteiger partial charge in [0.25, 0.3) is 0 Å². The van der Waals surface area contributed by atoms with Gasteiger partial charge in [0, 0.05) is 16.7 Å². The van der Waals surface area contributed by atoms with Crippen molar-refractivity contribution >= 4 is 17.5 Å². The number of rotatable bonds is 2. The lowest BCUT2D eigenvalue weighted by Gasteiger charge is -2.15. The second-order valence-electron chi connectivity index (χ2n) is 4.65. The van der Waals surface area contributed by atoms with Crippen LogP contribution in [0.3, 0.4) is 0 Å². The van der Waals surface area contributed by atoms with Gasteiger partial charge in [-0.3, -0.25) is 0 Å². The number of hydrogen-bond acceptors (Lipinski definition) is 2. The molecule has 1 heterocycles. The molecule has 2 aromatic carbocycles. The maximum atomic E-state index is 5.71. The van der Waals surface area contributed by atoms with Crippen molar-refractivity contribution in [1.82, 2.24) is 0 Å². The van der Waals surface area contributed by atoms with Gasteiger partial charge in [0.15, 0.2) is 0 Å². The van der Waals surface area contributed by atoms with E-state index in [4.69, 9.17) is 4.74 Å². The lowest BCUT2D eigenvalue weighted by molar-refractivity contribution is 0.299. The van der Waals surface area contributed by atoms with Crippen LogP contribution in [0.2, 0.25) is 0 Å². The molecule has 0 spiro atoms. The molecule has 0 bridgehead atoms. The van der Waals surface area contributed by atoms with E-state index >= 15 is 0 Å². The maximum Gasteiger partial charge on any atom is 0.132 e. The van der Waals surface area contributed by atoms with E-state index in [1.807, 2.05) is 11.8 Å². The fourth-order valence-corrected chi connectivity index (χ4v) is 2.77. The Morgan fingerprint density at radius 1 is 0.947 bits per heavy atom. The zero-order valence-corrected chi connectivity index (χ0v) is 11.7. The zero-order chi connectivity index (χ0) is 13.1. The van der Waals surface area contributed by atoms with Gasteiger partial charge in [-0.25, -0.2) is 0 Å². The van der Waals surface area contributed by atoms with Crippen LogP contribution in [-0.4, -0.2) is 12.4 Å². The SMILES string of the molecule is Cc1ccc(-c2cccc(C3=CSCCO3)c2)cc1. The fourth-order valence-electron chi connectivity index (χ4n) is 2.12. The molecule has 0 radical (unpaired) electrons. The lowest BCUT2D eigenvalue weighted by Crippen LogP contribution is -2.01. The van der Waals surface area contributed by atoms with Gasteiger partial charge in [-0.2, -0.15) is 0 Å². The number of aryl methyl sites for hydroxylation is 1. The second kappa shape index (κ2) is 5.54. The summed E-state index contributed by atoms with van der Waals surface area (Å²) in [4.78, 5) is 0. The minimum Gasteiger partial charge on any atom is -0.492 e. The van der Waals surface area contributed by atoms with Crippen LogP contribution >= 0.6 is 11.8 Å². The van der Waals surface area contributed by atoms with Crippen molar-refractivity contribution < 1.29 is 4.74 Å². The largest absolute Gasteiger partial charge is 0.492 e. The summed E-state index contributed by atoms with van der Waals surface area (Å²) in [5.41, 5.74) is 4.92. The van der Waals surface area contributed by atoms with Crippen LogP contribution < -0.4 is 0 Å². The molecule has 0 fully saturated rings. The first-order valence-corrected chi connectivity index (χ1v) is 7.50. The molecule has 2 aromatic rings. The molecule has 1 aliphatic heterocycles.